The molecule has 0 unspecified atom stereocenters. The largest absolute Gasteiger partial charge is 0.377 e. The highest BCUT2D eigenvalue weighted by molar-refractivity contribution is 6.07. The summed E-state index contributed by atoms with van der Waals surface area (Å²) >= 11 is 0. The van der Waals surface area contributed by atoms with Crippen LogP contribution in [0, 0.1) is 5.82 Å². The molecule has 0 heterocycles. The van der Waals surface area contributed by atoms with Gasteiger partial charge < -0.3 is 9.80 Å². The Labute approximate surface area is 266 Å². The fraction of sp³-hybridized carbons (Fsp3) is 0.0769. The zero-order valence-corrected chi connectivity index (χ0v) is 25.8. The minimum Gasteiger partial charge on any atom is -0.377 e. The standard InChI is InChI=1S/C39H31FN6/c1-45(2)37-23-20-35(28-10-4-7-13-31(28)37)43-44-36-22-25-39(33-15-9-6-12-30(33)36)46(3)38-24-21-34(29-11-5-8-14-32(29)38)42-41-27-18-16-26(40)17-19-27/h4-25H,1-3H3. The summed E-state index contributed by atoms with van der Waals surface area (Å²) in [5.41, 5.74) is 6.18. The van der Waals surface area contributed by atoms with E-state index >= 15 is 0 Å². The van der Waals surface area contributed by atoms with E-state index in [-0.39, 0.29) is 5.82 Å². The summed E-state index contributed by atoms with van der Waals surface area (Å²) in [6, 6.07) is 43.0. The molecule has 0 spiro atoms. The van der Waals surface area contributed by atoms with Crippen molar-refractivity contribution in [3.05, 3.63) is 139 Å². The summed E-state index contributed by atoms with van der Waals surface area (Å²) in [5.74, 6) is -0.302. The molecule has 0 atom stereocenters. The Hall–Kier alpha value is -5.95. The molecule has 7 aromatic carbocycles. The van der Waals surface area contributed by atoms with Gasteiger partial charge >= 0.3 is 0 Å². The highest BCUT2D eigenvalue weighted by atomic mass is 19.1. The predicted molar refractivity (Wildman–Crippen MR) is 189 cm³/mol. The molecule has 0 aliphatic heterocycles. The molecule has 0 aromatic heterocycles. The molecule has 0 aliphatic rings. The van der Waals surface area contributed by atoms with E-state index in [2.05, 4.69) is 75.6 Å². The van der Waals surface area contributed by atoms with Crippen molar-refractivity contribution in [3.8, 4) is 0 Å². The van der Waals surface area contributed by atoms with E-state index in [0.717, 1.165) is 66.4 Å². The number of nitrogens with zero attached hydrogens (tertiary/aromatic N) is 6. The first kappa shape index (κ1) is 28.8. The van der Waals surface area contributed by atoms with Crippen molar-refractivity contribution in [3.63, 3.8) is 0 Å². The Balaban J connectivity index is 1.26. The Morgan fingerprint density at radius 3 is 1.20 bits per heavy atom. The zero-order valence-electron chi connectivity index (χ0n) is 25.8. The number of azo groups is 2. The van der Waals surface area contributed by atoms with Gasteiger partial charge in [-0.3, -0.25) is 0 Å². The van der Waals surface area contributed by atoms with Gasteiger partial charge in [0, 0.05) is 70.5 Å². The van der Waals surface area contributed by atoms with Crippen LogP contribution in [-0.2, 0) is 0 Å². The van der Waals surface area contributed by atoms with Crippen LogP contribution in [0.1, 0.15) is 0 Å². The lowest BCUT2D eigenvalue weighted by Gasteiger charge is -2.24. The molecule has 0 fully saturated rings. The number of fused-ring (bicyclic) bond motifs is 3. The zero-order chi connectivity index (χ0) is 31.6. The topological polar surface area (TPSA) is 55.9 Å². The summed E-state index contributed by atoms with van der Waals surface area (Å²) < 4.78 is 13.3. The van der Waals surface area contributed by atoms with E-state index in [9.17, 15) is 4.39 Å². The second kappa shape index (κ2) is 12.2. The molecule has 7 rings (SSSR count). The minimum absolute atomic E-state index is 0.302. The molecule has 0 aliphatic carbocycles. The Bertz CT molecular complexity index is 2270. The number of anilines is 3. The molecule has 0 N–H and O–H groups in total. The summed E-state index contributed by atoms with van der Waals surface area (Å²) in [6.45, 7) is 0. The van der Waals surface area contributed by atoms with Gasteiger partial charge in [0.2, 0.25) is 0 Å². The van der Waals surface area contributed by atoms with Gasteiger partial charge in [0.1, 0.15) is 5.82 Å². The Morgan fingerprint density at radius 1 is 0.391 bits per heavy atom. The van der Waals surface area contributed by atoms with Gasteiger partial charge in [0.25, 0.3) is 0 Å². The minimum atomic E-state index is -0.302. The Kier molecular flexibility index (Phi) is 7.64. The Morgan fingerprint density at radius 2 is 0.761 bits per heavy atom. The molecule has 6 nitrogen and oxygen atoms in total. The second-order valence-corrected chi connectivity index (χ2v) is 11.3. The van der Waals surface area contributed by atoms with Crippen LogP contribution >= 0.6 is 0 Å². The average Bonchev–Trinajstić information content (AvgIpc) is 3.09. The maximum Gasteiger partial charge on any atom is 0.123 e. The third-order valence-electron chi connectivity index (χ3n) is 8.20. The van der Waals surface area contributed by atoms with Crippen molar-refractivity contribution in [2.45, 2.75) is 0 Å². The van der Waals surface area contributed by atoms with Crippen LogP contribution in [0.15, 0.2) is 154 Å². The van der Waals surface area contributed by atoms with Crippen LogP contribution in [0.5, 0.6) is 0 Å². The molecule has 0 saturated heterocycles. The first-order chi connectivity index (χ1) is 22.5. The van der Waals surface area contributed by atoms with Crippen molar-refractivity contribution < 1.29 is 4.39 Å². The third kappa shape index (κ3) is 5.43. The van der Waals surface area contributed by atoms with Crippen LogP contribution in [0.25, 0.3) is 32.3 Å². The van der Waals surface area contributed by atoms with Gasteiger partial charge in [-0.25, -0.2) is 4.39 Å². The van der Waals surface area contributed by atoms with Crippen LogP contribution in [0.4, 0.5) is 44.2 Å². The summed E-state index contributed by atoms with van der Waals surface area (Å²) in [5, 5.41) is 24.6. The van der Waals surface area contributed by atoms with E-state index in [1.165, 1.54) is 12.1 Å². The molecular weight excluding hydrogens is 571 g/mol. The number of halogens is 1. The van der Waals surface area contributed by atoms with Crippen LogP contribution in [0.3, 0.4) is 0 Å². The van der Waals surface area contributed by atoms with Crippen molar-refractivity contribution in [1.29, 1.82) is 0 Å². The molecule has 0 bridgehead atoms. The predicted octanol–water partition coefficient (Wildman–Crippen LogP) is 11.9. The molecule has 224 valence electrons. The lowest BCUT2D eigenvalue weighted by atomic mass is 10.0. The summed E-state index contributed by atoms with van der Waals surface area (Å²) in [4.78, 5) is 4.31. The lowest BCUT2D eigenvalue weighted by molar-refractivity contribution is 0.628. The number of benzene rings is 7. The van der Waals surface area contributed by atoms with Gasteiger partial charge in [0.05, 0.1) is 22.7 Å². The van der Waals surface area contributed by atoms with Crippen molar-refractivity contribution in [2.24, 2.45) is 20.5 Å². The van der Waals surface area contributed by atoms with Gasteiger partial charge in [0.15, 0.2) is 0 Å². The molecule has 0 radical (unpaired) electrons. The average molecular weight is 603 g/mol. The monoisotopic (exact) mass is 602 g/mol. The molecule has 46 heavy (non-hydrogen) atoms. The van der Waals surface area contributed by atoms with E-state index in [0.29, 0.717) is 5.69 Å². The van der Waals surface area contributed by atoms with E-state index < -0.39 is 0 Å². The molecule has 0 saturated carbocycles. The van der Waals surface area contributed by atoms with Crippen molar-refractivity contribution >= 4 is 72.1 Å². The van der Waals surface area contributed by atoms with Gasteiger partial charge in [-0.05, 0) is 60.7 Å². The SMILES string of the molecule is CN(C)c1ccc(N=Nc2ccc(N(C)c3ccc(N=Nc4ccc(F)cc4)c4ccccc34)c3ccccc23)c2ccccc12. The molecule has 7 heteroatoms. The maximum atomic E-state index is 13.3. The second-order valence-electron chi connectivity index (χ2n) is 11.3. The summed E-state index contributed by atoms with van der Waals surface area (Å²) in [7, 11) is 6.17. The van der Waals surface area contributed by atoms with E-state index in [1.54, 1.807) is 12.1 Å². The van der Waals surface area contributed by atoms with E-state index in [4.69, 9.17) is 10.2 Å². The van der Waals surface area contributed by atoms with Crippen LogP contribution < -0.4 is 9.80 Å². The lowest BCUT2D eigenvalue weighted by Crippen LogP contribution is -2.10. The van der Waals surface area contributed by atoms with Crippen molar-refractivity contribution in [2.75, 3.05) is 30.9 Å². The summed E-state index contributed by atoms with van der Waals surface area (Å²) in [6.07, 6.45) is 0. The number of rotatable bonds is 7. The first-order valence-electron chi connectivity index (χ1n) is 15.0. The maximum absolute atomic E-state index is 13.3. The highest BCUT2D eigenvalue weighted by Gasteiger charge is 2.15. The quantitative estimate of drug-likeness (QED) is 0.170. The van der Waals surface area contributed by atoms with Gasteiger partial charge in [-0.15, -0.1) is 15.3 Å². The normalized spacial score (nSPS) is 11.7. The smallest absolute Gasteiger partial charge is 0.123 e. The fourth-order valence-corrected chi connectivity index (χ4v) is 5.90. The van der Waals surface area contributed by atoms with Crippen molar-refractivity contribution in [1.82, 2.24) is 0 Å². The fourth-order valence-electron chi connectivity index (χ4n) is 5.90. The molecule has 0 amide bonds. The first-order valence-corrected chi connectivity index (χ1v) is 15.0. The third-order valence-corrected chi connectivity index (χ3v) is 8.20. The molecule has 7 aromatic rings. The van der Waals surface area contributed by atoms with Crippen LogP contribution in [0.2, 0.25) is 0 Å². The van der Waals surface area contributed by atoms with Gasteiger partial charge in [-0.1, -0.05) is 72.8 Å². The molecular formula is C39H31FN6. The van der Waals surface area contributed by atoms with Gasteiger partial charge in [-0.2, -0.15) is 5.11 Å². The highest BCUT2D eigenvalue weighted by Crippen LogP contribution is 2.41. The van der Waals surface area contributed by atoms with Crippen LogP contribution in [-0.4, -0.2) is 21.1 Å². The van der Waals surface area contributed by atoms with E-state index in [1.807, 2.05) is 74.8 Å². The number of hydrogen-bond acceptors (Lipinski definition) is 6. The number of hydrogen-bond donors (Lipinski definition) is 0.